The maximum absolute atomic E-state index is 12.1. The molecule has 1 aromatic carbocycles. The number of amides is 1. The van der Waals surface area contributed by atoms with Gasteiger partial charge in [0.15, 0.2) is 0 Å². The Labute approximate surface area is 146 Å². The van der Waals surface area contributed by atoms with E-state index in [0.29, 0.717) is 17.8 Å². The molecule has 2 rings (SSSR count). The average Bonchev–Trinajstić information content (AvgIpc) is 2.96. The first kappa shape index (κ1) is 18.5. The van der Waals surface area contributed by atoms with Gasteiger partial charge in [0.25, 0.3) is 5.91 Å². The van der Waals surface area contributed by atoms with Crippen LogP contribution in [0.1, 0.15) is 27.6 Å². The fourth-order valence-electron chi connectivity index (χ4n) is 2.18. The summed E-state index contributed by atoms with van der Waals surface area (Å²) in [5, 5.41) is 6.96. The molecule has 0 bridgehead atoms. The van der Waals surface area contributed by atoms with Crippen LogP contribution < -0.4 is 11.1 Å². The van der Waals surface area contributed by atoms with Crippen LogP contribution in [0.2, 0.25) is 0 Å². The highest BCUT2D eigenvalue weighted by atomic mass is 16.5. The molecule has 8 heteroatoms. The molecule has 0 fully saturated rings. The van der Waals surface area contributed by atoms with Crippen molar-refractivity contribution in [2.45, 2.75) is 6.92 Å². The van der Waals surface area contributed by atoms with Crippen molar-refractivity contribution in [3.8, 4) is 5.69 Å². The van der Waals surface area contributed by atoms with Crippen LogP contribution in [-0.4, -0.2) is 60.3 Å². The molecule has 134 valence electrons. The van der Waals surface area contributed by atoms with Crippen molar-refractivity contribution in [3.05, 3.63) is 41.6 Å². The highest BCUT2D eigenvalue weighted by molar-refractivity contribution is 5.95. The largest absolute Gasteiger partial charge is 0.462 e. The maximum Gasteiger partial charge on any atom is 0.343 e. The van der Waals surface area contributed by atoms with Crippen LogP contribution in [0.25, 0.3) is 5.69 Å². The summed E-state index contributed by atoms with van der Waals surface area (Å²) < 4.78 is 6.36. The molecule has 25 heavy (non-hydrogen) atoms. The first-order chi connectivity index (χ1) is 11.9. The third kappa shape index (κ3) is 4.57. The van der Waals surface area contributed by atoms with Crippen LogP contribution in [0.15, 0.2) is 30.5 Å². The van der Waals surface area contributed by atoms with Crippen LogP contribution in [0.5, 0.6) is 0 Å². The fourth-order valence-corrected chi connectivity index (χ4v) is 2.18. The summed E-state index contributed by atoms with van der Waals surface area (Å²) >= 11 is 0. The topological polar surface area (TPSA) is 102 Å². The number of likely N-dealkylation sites (N-methyl/N-ethyl adjacent to an activating group) is 1. The highest BCUT2D eigenvalue weighted by Gasteiger charge is 2.17. The summed E-state index contributed by atoms with van der Waals surface area (Å²) in [6.45, 7) is 3.33. The van der Waals surface area contributed by atoms with Gasteiger partial charge in [-0.1, -0.05) is 0 Å². The van der Waals surface area contributed by atoms with Gasteiger partial charge >= 0.3 is 5.97 Å². The number of nitrogens with zero attached hydrogens (tertiary/aromatic N) is 3. The lowest BCUT2D eigenvalue weighted by molar-refractivity contribution is 0.0527. The Balaban J connectivity index is 2.10. The van der Waals surface area contributed by atoms with E-state index < -0.39 is 5.97 Å². The van der Waals surface area contributed by atoms with E-state index in [9.17, 15) is 9.59 Å². The first-order valence-corrected chi connectivity index (χ1v) is 7.98. The van der Waals surface area contributed by atoms with Gasteiger partial charge in [0, 0.05) is 18.7 Å². The van der Waals surface area contributed by atoms with Gasteiger partial charge in [-0.05, 0) is 45.3 Å². The smallest absolute Gasteiger partial charge is 0.343 e. The van der Waals surface area contributed by atoms with Crippen LogP contribution in [-0.2, 0) is 4.74 Å². The molecule has 1 heterocycles. The molecule has 0 radical (unpaired) electrons. The van der Waals surface area contributed by atoms with Gasteiger partial charge in [0.2, 0.25) is 0 Å². The highest BCUT2D eigenvalue weighted by Crippen LogP contribution is 2.18. The minimum absolute atomic E-state index is 0.144. The quantitative estimate of drug-likeness (QED) is 0.724. The van der Waals surface area contributed by atoms with E-state index in [0.717, 1.165) is 6.54 Å². The number of ether oxygens (including phenoxy) is 1. The number of carbonyl (C=O) groups excluding carboxylic acids is 2. The number of aromatic nitrogens is 2. The SMILES string of the molecule is CCOC(=O)c1cnn(-c2ccc(C(=O)NCCN(C)C)cc2)c1N. The van der Waals surface area contributed by atoms with Crippen LogP contribution in [0, 0.1) is 0 Å². The zero-order valence-electron chi connectivity index (χ0n) is 14.7. The summed E-state index contributed by atoms with van der Waals surface area (Å²) in [7, 11) is 3.89. The van der Waals surface area contributed by atoms with Crippen LogP contribution in [0.4, 0.5) is 5.82 Å². The molecule has 0 spiro atoms. The van der Waals surface area contributed by atoms with E-state index >= 15 is 0 Å². The molecule has 0 aliphatic rings. The Bertz CT molecular complexity index is 737. The van der Waals surface area contributed by atoms with Gasteiger partial charge in [-0.2, -0.15) is 5.10 Å². The third-order valence-electron chi connectivity index (χ3n) is 3.52. The Morgan fingerprint density at radius 2 is 1.96 bits per heavy atom. The number of rotatable bonds is 7. The lowest BCUT2D eigenvalue weighted by Gasteiger charge is -2.11. The molecule has 1 aromatic heterocycles. The summed E-state index contributed by atoms with van der Waals surface area (Å²) in [4.78, 5) is 25.8. The summed E-state index contributed by atoms with van der Waals surface area (Å²) in [6, 6.07) is 6.81. The van der Waals surface area contributed by atoms with E-state index in [1.807, 2.05) is 19.0 Å². The summed E-state index contributed by atoms with van der Waals surface area (Å²) in [5.74, 6) is -0.459. The molecule has 0 saturated heterocycles. The summed E-state index contributed by atoms with van der Waals surface area (Å²) in [5.41, 5.74) is 7.38. The van der Waals surface area contributed by atoms with Gasteiger partial charge < -0.3 is 20.7 Å². The minimum Gasteiger partial charge on any atom is -0.462 e. The second-order valence-corrected chi connectivity index (χ2v) is 5.68. The lowest BCUT2D eigenvalue weighted by atomic mass is 10.2. The Morgan fingerprint density at radius 1 is 1.28 bits per heavy atom. The molecular formula is C17H23N5O3. The first-order valence-electron chi connectivity index (χ1n) is 7.98. The molecule has 0 aliphatic heterocycles. The number of hydrogen-bond acceptors (Lipinski definition) is 6. The van der Waals surface area contributed by atoms with Gasteiger partial charge in [0.05, 0.1) is 18.5 Å². The molecule has 0 aliphatic carbocycles. The number of nitrogens with two attached hydrogens (primary N) is 1. The van der Waals surface area contributed by atoms with Crippen molar-refractivity contribution in [1.29, 1.82) is 0 Å². The van der Waals surface area contributed by atoms with E-state index in [1.54, 1.807) is 31.2 Å². The molecule has 0 atom stereocenters. The molecule has 8 nitrogen and oxygen atoms in total. The molecular weight excluding hydrogens is 322 g/mol. The van der Waals surface area contributed by atoms with Crippen molar-refractivity contribution in [2.24, 2.45) is 0 Å². The van der Waals surface area contributed by atoms with Crippen molar-refractivity contribution < 1.29 is 14.3 Å². The van der Waals surface area contributed by atoms with Crippen molar-refractivity contribution in [1.82, 2.24) is 20.0 Å². The Hall–Kier alpha value is -2.87. The predicted molar refractivity (Wildman–Crippen MR) is 94.8 cm³/mol. The number of benzene rings is 1. The van der Waals surface area contributed by atoms with E-state index in [1.165, 1.54) is 10.9 Å². The van der Waals surface area contributed by atoms with E-state index in [4.69, 9.17) is 10.5 Å². The zero-order valence-corrected chi connectivity index (χ0v) is 14.7. The van der Waals surface area contributed by atoms with Gasteiger partial charge in [-0.25, -0.2) is 9.48 Å². The number of anilines is 1. The van der Waals surface area contributed by atoms with Gasteiger partial charge in [0.1, 0.15) is 11.4 Å². The second-order valence-electron chi connectivity index (χ2n) is 5.68. The minimum atomic E-state index is -0.511. The van der Waals surface area contributed by atoms with Crippen molar-refractivity contribution in [2.75, 3.05) is 39.5 Å². The lowest BCUT2D eigenvalue weighted by Crippen LogP contribution is -2.31. The molecule has 1 amide bonds. The van der Waals surface area contributed by atoms with Crippen LogP contribution in [0.3, 0.4) is 0 Å². The monoisotopic (exact) mass is 345 g/mol. The molecule has 2 aromatic rings. The van der Waals surface area contributed by atoms with E-state index in [2.05, 4.69) is 10.4 Å². The standard InChI is InChI=1S/C17H23N5O3/c1-4-25-17(24)14-11-20-22(15(14)18)13-7-5-12(6-8-13)16(23)19-9-10-21(2)3/h5-8,11H,4,9-10,18H2,1-3H3,(H,19,23). The number of nitrogens with one attached hydrogen (secondary N) is 1. The Kier molecular flexibility index (Phi) is 6.13. The predicted octanol–water partition coefficient (Wildman–Crippen LogP) is 0.923. The fraction of sp³-hybridized carbons (Fsp3) is 0.353. The number of hydrogen-bond donors (Lipinski definition) is 2. The normalized spacial score (nSPS) is 10.7. The molecule has 0 saturated carbocycles. The van der Waals surface area contributed by atoms with Crippen molar-refractivity contribution >= 4 is 17.7 Å². The van der Waals surface area contributed by atoms with Crippen molar-refractivity contribution in [3.63, 3.8) is 0 Å². The Morgan fingerprint density at radius 3 is 2.56 bits per heavy atom. The number of carbonyl (C=O) groups is 2. The van der Waals surface area contributed by atoms with E-state index in [-0.39, 0.29) is 23.9 Å². The maximum atomic E-state index is 12.1. The molecule has 3 N–H and O–H groups in total. The molecule has 0 unspecified atom stereocenters. The average molecular weight is 345 g/mol. The van der Waals surface area contributed by atoms with Gasteiger partial charge in [-0.3, -0.25) is 4.79 Å². The third-order valence-corrected chi connectivity index (χ3v) is 3.52. The second kappa shape index (κ2) is 8.29. The van der Waals surface area contributed by atoms with Gasteiger partial charge in [-0.15, -0.1) is 0 Å². The zero-order chi connectivity index (χ0) is 18.4. The number of nitrogen functional groups attached to an aromatic ring is 1. The summed E-state index contributed by atoms with van der Waals surface area (Å²) in [6.07, 6.45) is 1.37. The van der Waals surface area contributed by atoms with Crippen LogP contribution >= 0.6 is 0 Å². The number of esters is 1.